The van der Waals surface area contributed by atoms with E-state index in [4.69, 9.17) is 9.47 Å². The summed E-state index contributed by atoms with van der Waals surface area (Å²) in [5, 5.41) is 5.51. The van der Waals surface area contributed by atoms with Crippen molar-refractivity contribution in [3.05, 3.63) is 77.6 Å². The maximum absolute atomic E-state index is 12.4. The first-order valence-corrected chi connectivity index (χ1v) is 10.1. The van der Waals surface area contributed by atoms with Crippen molar-refractivity contribution in [2.24, 2.45) is 5.92 Å². The van der Waals surface area contributed by atoms with E-state index in [0.717, 1.165) is 17.7 Å². The molecule has 0 radical (unpaired) electrons. The Balaban J connectivity index is 1.47. The molecule has 2 amide bonds. The fraction of sp³-hybridized carbons (Fsp3) is 0.304. The molecule has 0 aliphatic heterocycles. The number of benzene rings is 1. The zero-order chi connectivity index (χ0) is 22.1. The first kappa shape index (κ1) is 22.0. The molecule has 3 rings (SSSR count). The van der Waals surface area contributed by atoms with E-state index >= 15 is 0 Å². The van der Waals surface area contributed by atoms with E-state index < -0.39 is 11.8 Å². The summed E-state index contributed by atoms with van der Waals surface area (Å²) in [6.07, 6.45) is 8.21. The van der Waals surface area contributed by atoms with Crippen LogP contribution in [0.25, 0.3) is 0 Å². The summed E-state index contributed by atoms with van der Waals surface area (Å²) in [5.41, 5.74) is 1.12. The van der Waals surface area contributed by atoms with E-state index in [2.05, 4.69) is 33.6 Å². The third-order valence-corrected chi connectivity index (χ3v) is 4.66. The van der Waals surface area contributed by atoms with Crippen molar-refractivity contribution in [2.45, 2.75) is 19.9 Å². The van der Waals surface area contributed by atoms with Crippen LogP contribution >= 0.6 is 0 Å². The molecule has 0 saturated heterocycles. The molecule has 1 aliphatic rings. The van der Waals surface area contributed by atoms with Gasteiger partial charge in [0.15, 0.2) is 0 Å². The highest BCUT2D eigenvalue weighted by Crippen LogP contribution is 2.16. The Hall–Kier alpha value is -3.68. The van der Waals surface area contributed by atoms with Gasteiger partial charge in [-0.2, -0.15) is 0 Å². The highest BCUT2D eigenvalue weighted by molar-refractivity contribution is 5.97. The normalized spacial score (nSPS) is 15.0. The molecule has 1 aromatic heterocycles. The molecule has 162 valence electrons. The predicted octanol–water partition coefficient (Wildman–Crippen LogP) is 2.64. The number of carbonyl (C=O) groups is 2. The second-order valence-electron chi connectivity index (χ2n) is 7.11. The average molecular weight is 422 g/mol. The fourth-order valence-electron chi connectivity index (χ4n) is 2.90. The van der Waals surface area contributed by atoms with Crippen LogP contribution in [0.3, 0.4) is 0 Å². The van der Waals surface area contributed by atoms with Gasteiger partial charge in [-0.05, 0) is 42.2 Å². The molecule has 0 saturated carbocycles. The lowest BCUT2D eigenvalue weighted by Crippen LogP contribution is -2.29. The number of nitrogens with one attached hydrogen (secondary N) is 2. The zero-order valence-electron chi connectivity index (χ0n) is 17.6. The molecule has 1 unspecified atom stereocenters. The monoisotopic (exact) mass is 422 g/mol. The largest absolute Gasteiger partial charge is 0.497 e. The summed E-state index contributed by atoms with van der Waals surface area (Å²) in [4.78, 5) is 32.7. The van der Waals surface area contributed by atoms with Crippen LogP contribution in [-0.4, -0.2) is 42.0 Å². The van der Waals surface area contributed by atoms with Gasteiger partial charge in [-0.25, -0.2) is 9.97 Å². The van der Waals surface area contributed by atoms with Crippen LogP contribution in [-0.2, 0) is 11.3 Å². The summed E-state index contributed by atoms with van der Waals surface area (Å²) in [7, 11) is 1.59. The second kappa shape index (κ2) is 10.9. The lowest BCUT2D eigenvalue weighted by molar-refractivity contribution is 0.0935. The van der Waals surface area contributed by atoms with Crippen LogP contribution in [0.2, 0.25) is 0 Å². The van der Waals surface area contributed by atoms with E-state index in [1.807, 2.05) is 36.4 Å². The summed E-state index contributed by atoms with van der Waals surface area (Å²) in [6, 6.07) is 8.75. The van der Waals surface area contributed by atoms with Gasteiger partial charge < -0.3 is 20.1 Å². The average Bonchev–Trinajstić information content (AvgIpc) is 2.81. The fourth-order valence-corrected chi connectivity index (χ4v) is 2.90. The summed E-state index contributed by atoms with van der Waals surface area (Å²) < 4.78 is 10.8. The third-order valence-electron chi connectivity index (χ3n) is 4.66. The van der Waals surface area contributed by atoms with E-state index in [1.165, 1.54) is 12.4 Å². The Morgan fingerprint density at radius 2 is 1.90 bits per heavy atom. The van der Waals surface area contributed by atoms with Crippen molar-refractivity contribution in [1.29, 1.82) is 0 Å². The summed E-state index contributed by atoms with van der Waals surface area (Å²) in [6.45, 7) is 3.11. The molecule has 0 spiro atoms. The second-order valence-corrected chi connectivity index (χ2v) is 7.11. The molecule has 1 aliphatic carbocycles. The molecule has 1 aromatic carbocycles. The number of methoxy groups -OCH3 is 1. The minimum atomic E-state index is -0.396. The van der Waals surface area contributed by atoms with Crippen LogP contribution in [0.15, 0.2) is 60.6 Å². The summed E-state index contributed by atoms with van der Waals surface area (Å²) in [5.74, 6) is 1.25. The number of hydrogen-bond donors (Lipinski definition) is 2. The Bertz CT molecular complexity index is 987. The first-order valence-electron chi connectivity index (χ1n) is 10.1. The maximum Gasteiger partial charge on any atom is 0.270 e. The van der Waals surface area contributed by atoms with Crippen LogP contribution in [0, 0.1) is 5.92 Å². The topological polar surface area (TPSA) is 102 Å². The van der Waals surface area contributed by atoms with E-state index in [0.29, 0.717) is 31.4 Å². The van der Waals surface area contributed by atoms with Gasteiger partial charge in [0.25, 0.3) is 11.8 Å². The number of nitrogens with zero attached hydrogens (tertiary/aromatic N) is 2. The van der Waals surface area contributed by atoms with Crippen molar-refractivity contribution in [2.75, 3.05) is 20.3 Å². The number of carbonyl (C=O) groups excluding carboxylic acids is 2. The zero-order valence-corrected chi connectivity index (χ0v) is 17.6. The van der Waals surface area contributed by atoms with E-state index in [9.17, 15) is 9.59 Å². The van der Waals surface area contributed by atoms with Gasteiger partial charge >= 0.3 is 0 Å². The Morgan fingerprint density at radius 3 is 2.61 bits per heavy atom. The molecule has 0 fully saturated rings. The van der Waals surface area contributed by atoms with E-state index in [-0.39, 0.29) is 11.4 Å². The van der Waals surface area contributed by atoms with Crippen molar-refractivity contribution in [1.82, 2.24) is 20.6 Å². The Labute approximate surface area is 181 Å². The molecule has 2 N–H and O–H groups in total. The van der Waals surface area contributed by atoms with Gasteiger partial charge in [0, 0.05) is 12.6 Å². The lowest BCUT2D eigenvalue weighted by Gasteiger charge is -2.13. The molecule has 1 heterocycles. The first-order chi connectivity index (χ1) is 15.0. The number of ether oxygens (including phenoxy) is 2. The van der Waals surface area contributed by atoms with Crippen molar-refractivity contribution >= 4 is 11.8 Å². The molecule has 8 nitrogen and oxygen atoms in total. The number of amides is 2. The summed E-state index contributed by atoms with van der Waals surface area (Å²) >= 11 is 0. The highest BCUT2D eigenvalue weighted by Gasteiger charge is 2.13. The van der Waals surface area contributed by atoms with Crippen molar-refractivity contribution in [3.8, 4) is 5.75 Å². The predicted molar refractivity (Wildman–Crippen MR) is 115 cm³/mol. The van der Waals surface area contributed by atoms with Crippen molar-refractivity contribution in [3.63, 3.8) is 0 Å². The number of hydrogen-bond acceptors (Lipinski definition) is 6. The standard InChI is InChI=1S/C23H26N4O4/c1-16-6-8-18(9-7-16)31-11-10-24-22(28)20-13-21(27-15-26-20)23(29)25-14-17-4-3-5-19(12-17)30-2/h3-6,8-9,12-13,15-16H,7,10-11,14H2,1-2H3,(H,24,28)(H,25,29). The molecular weight excluding hydrogens is 396 g/mol. The van der Waals surface area contributed by atoms with Crippen LogP contribution in [0.1, 0.15) is 39.9 Å². The van der Waals surface area contributed by atoms with Crippen molar-refractivity contribution < 1.29 is 19.1 Å². The molecular formula is C23H26N4O4. The lowest BCUT2D eigenvalue weighted by atomic mass is 10.0. The highest BCUT2D eigenvalue weighted by atomic mass is 16.5. The van der Waals surface area contributed by atoms with Gasteiger partial charge in [0.1, 0.15) is 35.8 Å². The van der Waals surface area contributed by atoms with Gasteiger partial charge in [0.05, 0.1) is 13.7 Å². The Kier molecular flexibility index (Phi) is 7.75. The maximum atomic E-state index is 12.4. The minimum absolute atomic E-state index is 0.117. The van der Waals surface area contributed by atoms with Gasteiger partial charge in [-0.1, -0.05) is 25.1 Å². The van der Waals surface area contributed by atoms with Crippen LogP contribution in [0.4, 0.5) is 0 Å². The smallest absolute Gasteiger partial charge is 0.270 e. The van der Waals surface area contributed by atoms with Crippen LogP contribution < -0.4 is 15.4 Å². The van der Waals surface area contributed by atoms with Gasteiger partial charge in [-0.3, -0.25) is 9.59 Å². The number of aromatic nitrogens is 2. The van der Waals surface area contributed by atoms with Crippen LogP contribution in [0.5, 0.6) is 5.75 Å². The van der Waals surface area contributed by atoms with E-state index in [1.54, 1.807) is 7.11 Å². The third kappa shape index (κ3) is 6.67. The number of allylic oxidation sites excluding steroid dienone is 3. The van der Waals surface area contributed by atoms with Gasteiger partial charge in [-0.15, -0.1) is 0 Å². The Morgan fingerprint density at radius 1 is 1.13 bits per heavy atom. The molecule has 31 heavy (non-hydrogen) atoms. The molecule has 2 aromatic rings. The quantitative estimate of drug-likeness (QED) is 0.603. The molecule has 0 bridgehead atoms. The minimum Gasteiger partial charge on any atom is -0.497 e. The number of rotatable bonds is 9. The van der Waals surface area contributed by atoms with Gasteiger partial charge in [0.2, 0.25) is 0 Å². The molecule has 1 atom stereocenters. The SMILES string of the molecule is COc1cccc(CNC(=O)c2cc(C(=O)NCCOC3=CCC(C)C=C3)ncn2)c1. The molecule has 8 heteroatoms.